The third-order valence-electron chi connectivity index (χ3n) is 15.6. The maximum atomic E-state index is 14.6. The number of hydrogen-bond acceptors (Lipinski definition) is 14. The number of rotatable bonds is 35. The van der Waals surface area contributed by atoms with Crippen LogP contribution in [0.25, 0.3) is 0 Å². The van der Waals surface area contributed by atoms with E-state index >= 15 is 0 Å². The van der Waals surface area contributed by atoms with E-state index in [0.717, 1.165) is 17.6 Å². The van der Waals surface area contributed by atoms with Crippen molar-refractivity contribution in [2.75, 3.05) is 53.3 Å². The summed E-state index contributed by atoms with van der Waals surface area (Å²) in [5, 5.41) is 13.7. The van der Waals surface area contributed by atoms with E-state index in [-0.39, 0.29) is 86.9 Å². The Morgan fingerprint density at radius 2 is 1.41 bits per heavy atom. The molecule has 0 aliphatic carbocycles. The quantitative estimate of drug-likeness (QED) is 0.0318. The number of primary amides is 1. The minimum atomic E-state index is -1.10. The normalized spacial score (nSPS) is 17.4. The number of unbranched alkanes of at least 4 members (excludes halogenated alkanes) is 2. The van der Waals surface area contributed by atoms with E-state index in [1.807, 2.05) is 13.8 Å². The number of nitrogens with zero attached hydrogens (tertiary/aromatic N) is 4. The molecule has 83 heavy (non-hydrogen) atoms. The lowest BCUT2D eigenvalue weighted by molar-refractivity contribution is -0.147. The summed E-state index contributed by atoms with van der Waals surface area (Å²) in [5.41, 5.74) is 6.11. The van der Waals surface area contributed by atoms with Gasteiger partial charge in [0, 0.05) is 78.1 Å². The summed E-state index contributed by atoms with van der Waals surface area (Å²) in [6.45, 7) is 17.0. The van der Waals surface area contributed by atoms with Gasteiger partial charge in [-0.3, -0.25) is 48.2 Å². The molecule has 2 aliphatic rings. The van der Waals surface area contributed by atoms with Gasteiger partial charge in [-0.25, -0.2) is 9.59 Å². The summed E-state index contributed by atoms with van der Waals surface area (Å²) in [6, 6.07) is 0.604. The molecule has 7 N–H and O–H groups in total. The van der Waals surface area contributed by atoms with Crippen LogP contribution in [0.2, 0.25) is 0 Å². The second-order valence-corrected chi connectivity index (χ2v) is 22.8. The van der Waals surface area contributed by atoms with E-state index in [1.54, 1.807) is 89.6 Å². The van der Waals surface area contributed by atoms with Crippen molar-refractivity contribution in [1.29, 1.82) is 0 Å². The number of likely N-dealkylation sites (tertiary alicyclic amines) is 1. The Morgan fingerprint density at radius 1 is 0.771 bits per heavy atom. The van der Waals surface area contributed by atoms with Gasteiger partial charge in [-0.1, -0.05) is 87.3 Å². The van der Waals surface area contributed by atoms with Crippen LogP contribution in [0.1, 0.15) is 132 Å². The SMILES string of the molecule is CC[C@H](C)[C@@H]([C@@H](CC(=O)N1CCC[C@H]1[C@H](OC)[C@@H](C)C=O)OC)N(C)C(=O)[C@@H](NC(=O)[C@H](C(C)C)N(C)C(=O)OCc1ccc(NC(=O)[C@H](CCCNC(N)=O)NC(=O)[C@@H](NC(=O)CCCCCN2C(=O)C=CC2=O)C(C)C)cc1)C(C)C. The largest absolute Gasteiger partial charge is 0.445 e. The average Bonchev–Trinajstić information content (AvgIpc) is 4.16. The Balaban J connectivity index is 1.66. The lowest BCUT2D eigenvalue weighted by atomic mass is 9.89. The van der Waals surface area contributed by atoms with E-state index < -0.39 is 95.9 Å². The van der Waals surface area contributed by atoms with Gasteiger partial charge in [-0.2, -0.15) is 0 Å². The molecule has 0 aromatic heterocycles. The number of aldehydes is 1. The monoisotopic (exact) mass is 1170 g/mol. The number of likely N-dealkylation sites (N-methyl/N-ethyl adjacent to an activating group) is 2. The fourth-order valence-electron chi connectivity index (χ4n) is 10.6. The topological polar surface area (TPSA) is 315 Å². The fourth-order valence-corrected chi connectivity index (χ4v) is 10.6. The molecule has 10 atom stereocenters. The standard InChI is InChI=1S/C59H94N10O14/c1-14-38(8)52(44(81-12)32-48(74)68-31-19-21-43(68)53(82-13)39(9)33-70)66(10)57(78)50(36(4)5)65-56(77)51(37(6)7)67(11)59(80)83-34-40-23-25-41(26-24-40)62-54(75)42(20-18-29-61-58(60)79)63-55(76)49(35(2)3)64-45(71)22-16-15-17-30-69-46(72)27-28-47(69)73/h23-28,33,35-39,42-44,49-53H,14-22,29-32,34H2,1-13H3,(H,62,75)(H,63,76)(H,64,71)(H,65,77)(H3,60,61,79)/t38-,39-,42-,43-,44+,49-,50-,51-,52-,53+/m0/s1. The van der Waals surface area contributed by atoms with Gasteiger partial charge in [-0.05, 0) is 79.9 Å². The summed E-state index contributed by atoms with van der Waals surface area (Å²) < 4.78 is 17.4. The highest BCUT2D eigenvalue weighted by molar-refractivity contribution is 6.12. The number of benzene rings is 1. The number of amides is 11. The molecule has 1 aromatic carbocycles. The van der Waals surface area contributed by atoms with Gasteiger partial charge < -0.3 is 61.1 Å². The lowest BCUT2D eigenvalue weighted by Gasteiger charge is -2.41. The van der Waals surface area contributed by atoms with E-state index in [9.17, 15) is 52.7 Å². The molecule has 464 valence electrons. The highest BCUT2D eigenvalue weighted by Crippen LogP contribution is 2.29. The molecule has 24 heteroatoms. The molecule has 0 unspecified atom stereocenters. The molecule has 24 nitrogen and oxygen atoms in total. The minimum Gasteiger partial charge on any atom is -0.445 e. The number of anilines is 1. The molecule has 0 saturated carbocycles. The van der Waals surface area contributed by atoms with E-state index in [1.165, 1.54) is 38.3 Å². The van der Waals surface area contributed by atoms with Crippen LogP contribution in [-0.4, -0.2) is 182 Å². The van der Waals surface area contributed by atoms with Crippen molar-refractivity contribution in [2.24, 2.45) is 35.3 Å². The van der Waals surface area contributed by atoms with Gasteiger partial charge in [0.1, 0.15) is 37.1 Å². The molecule has 0 radical (unpaired) electrons. The maximum absolute atomic E-state index is 14.6. The van der Waals surface area contributed by atoms with Gasteiger partial charge in [0.05, 0.1) is 30.7 Å². The Morgan fingerprint density at radius 3 is 1.96 bits per heavy atom. The summed E-state index contributed by atoms with van der Waals surface area (Å²) in [4.78, 5) is 149. The fraction of sp³-hybridized carbons (Fsp3) is 0.678. The molecule has 0 spiro atoms. The summed E-state index contributed by atoms with van der Waals surface area (Å²) in [5.74, 6) is -5.18. The number of urea groups is 1. The van der Waals surface area contributed by atoms with Crippen LogP contribution in [0.4, 0.5) is 15.3 Å². The summed E-state index contributed by atoms with van der Waals surface area (Å²) in [7, 11) is 6.13. The second-order valence-electron chi connectivity index (χ2n) is 22.8. The third kappa shape index (κ3) is 21.0. The molecular weight excluding hydrogens is 1070 g/mol. The Bertz CT molecular complexity index is 2380. The zero-order chi connectivity index (χ0) is 62.2. The highest BCUT2D eigenvalue weighted by atomic mass is 16.6. The lowest BCUT2D eigenvalue weighted by Crippen LogP contribution is -2.60. The number of ether oxygens (including phenoxy) is 3. The Kier molecular flexibility index (Phi) is 29.3. The van der Waals surface area contributed by atoms with Crippen molar-refractivity contribution in [3.8, 4) is 0 Å². The molecule has 1 fully saturated rings. The number of hydrogen-bond donors (Lipinski definition) is 6. The molecule has 3 rings (SSSR count). The first-order valence-corrected chi connectivity index (χ1v) is 29.1. The van der Waals surface area contributed by atoms with Crippen LogP contribution in [0.3, 0.4) is 0 Å². The van der Waals surface area contributed by atoms with Crippen LogP contribution in [0.5, 0.6) is 0 Å². The average molecular weight is 1170 g/mol. The minimum absolute atomic E-state index is 0.0283. The summed E-state index contributed by atoms with van der Waals surface area (Å²) in [6.07, 6.45) is 5.31. The number of carbonyl (C=O) groups excluding carboxylic acids is 11. The molecule has 2 heterocycles. The Hall–Kier alpha value is -6.95. The van der Waals surface area contributed by atoms with Crippen molar-refractivity contribution in [1.82, 2.24) is 40.9 Å². The second kappa shape index (κ2) is 34.6. The van der Waals surface area contributed by atoms with Crippen LogP contribution in [0, 0.1) is 29.6 Å². The van der Waals surface area contributed by atoms with Gasteiger partial charge in [0.25, 0.3) is 11.8 Å². The van der Waals surface area contributed by atoms with Crippen molar-refractivity contribution in [2.45, 2.75) is 182 Å². The predicted octanol–water partition coefficient (Wildman–Crippen LogP) is 4.04. The van der Waals surface area contributed by atoms with Gasteiger partial charge in [-0.15, -0.1) is 0 Å². The van der Waals surface area contributed by atoms with E-state index in [4.69, 9.17) is 19.9 Å². The van der Waals surface area contributed by atoms with E-state index in [0.29, 0.717) is 49.9 Å². The van der Waals surface area contributed by atoms with Crippen molar-refractivity contribution in [3.05, 3.63) is 42.0 Å². The van der Waals surface area contributed by atoms with Crippen LogP contribution < -0.4 is 32.3 Å². The summed E-state index contributed by atoms with van der Waals surface area (Å²) >= 11 is 0. The number of carbonyl (C=O) groups is 11. The first-order chi connectivity index (χ1) is 39.2. The molecule has 11 amide bonds. The molecule has 2 aliphatic heterocycles. The number of imide groups is 1. The number of nitrogens with two attached hydrogens (primary N) is 1. The smallest absolute Gasteiger partial charge is 0.410 e. The third-order valence-corrected chi connectivity index (χ3v) is 15.6. The van der Waals surface area contributed by atoms with Crippen molar-refractivity contribution in [3.63, 3.8) is 0 Å². The zero-order valence-electron chi connectivity index (χ0n) is 51.0. The number of nitrogens with one attached hydrogen (secondary N) is 5. The molecular formula is C59H94N10O14. The van der Waals surface area contributed by atoms with Crippen molar-refractivity contribution < 1.29 is 67.0 Å². The first-order valence-electron chi connectivity index (χ1n) is 29.1. The molecule has 1 aromatic rings. The number of methoxy groups -OCH3 is 2. The van der Waals surface area contributed by atoms with Crippen molar-refractivity contribution >= 4 is 71.4 Å². The van der Waals surface area contributed by atoms with Crippen LogP contribution >= 0.6 is 0 Å². The van der Waals surface area contributed by atoms with Gasteiger partial charge in [0.15, 0.2) is 0 Å². The van der Waals surface area contributed by atoms with Gasteiger partial charge >= 0.3 is 12.1 Å². The maximum Gasteiger partial charge on any atom is 0.410 e. The highest BCUT2D eigenvalue weighted by Gasteiger charge is 2.43. The Labute approximate surface area is 489 Å². The predicted molar refractivity (Wildman–Crippen MR) is 310 cm³/mol. The van der Waals surface area contributed by atoms with Gasteiger partial charge in [0.2, 0.25) is 35.4 Å². The molecule has 1 saturated heterocycles. The first kappa shape index (κ1) is 70.3. The van der Waals surface area contributed by atoms with Crippen LogP contribution in [0.15, 0.2) is 36.4 Å². The van der Waals surface area contributed by atoms with Crippen LogP contribution in [-0.2, 0) is 64.0 Å². The molecule has 0 bridgehead atoms. The van der Waals surface area contributed by atoms with E-state index in [2.05, 4.69) is 26.6 Å². The zero-order valence-corrected chi connectivity index (χ0v) is 51.0.